The molecule has 1 amide bonds. The third-order valence-electron chi connectivity index (χ3n) is 3.42. The zero-order valence-corrected chi connectivity index (χ0v) is 14.6. The molecule has 0 aromatic heterocycles. The smallest absolute Gasteiger partial charge is 0.273 e. The lowest BCUT2D eigenvalue weighted by molar-refractivity contribution is -0.114. The third-order valence-corrected chi connectivity index (χ3v) is 3.85. The fourth-order valence-electron chi connectivity index (χ4n) is 2.17. The Bertz CT molecular complexity index is 760. The quantitative estimate of drug-likeness (QED) is 0.644. The van der Waals surface area contributed by atoms with Gasteiger partial charge in [0, 0.05) is 17.6 Å². The summed E-state index contributed by atoms with van der Waals surface area (Å²) in [5.74, 6) is 0.378. The minimum atomic E-state index is -0.327. The highest BCUT2D eigenvalue weighted by Gasteiger charge is 2.17. The van der Waals surface area contributed by atoms with Gasteiger partial charge in [0.2, 0.25) is 0 Å². The number of amides is 1. The van der Waals surface area contributed by atoms with E-state index in [2.05, 4.69) is 10.5 Å². The van der Waals surface area contributed by atoms with E-state index in [0.717, 1.165) is 11.1 Å². The molecule has 0 saturated carbocycles. The molecule has 2 aromatic carbocycles. The fraction of sp³-hybridized carbons (Fsp3) is 0.222. The number of hydrogen-bond acceptors (Lipinski definition) is 4. The van der Waals surface area contributed by atoms with Crippen molar-refractivity contribution in [3.63, 3.8) is 0 Å². The van der Waals surface area contributed by atoms with Gasteiger partial charge in [0.1, 0.15) is 19.5 Å². The summed E-state index contributed by atoms with van der Waals surface area (Å²) < 4.78 is 5.82. The Kier molecular flexibility index (Phi) is 6.21. The highest BCUT2D eigenvalue weighted by molar-refractivity contribution is 6.45. The van der Waals surface area contributed by atoms with Gasteiger partial charge in [0.15, 0.2) is 5.71 Å². The van der Waals surface area contributed by atoms with Gasteiger partial charge in [-0.25, -0.2) is 0 Å². The number of hydrogen-bond donors (Lipinski definition) is 1. The summed E-state index contributed by atoms with van der Waals surface area (Å²) in [6.07, 6.45) is 0. The molecule has 0 saturated heterocycles. The summed E-state index contributed by atoms with van der Waals surface area (Å²) >= 11 is 6.02. The van der Waals surface area contributed by atoms with Gasteiger partial charge in [-0.15, -0.1) is 0 Å². The summed E-state index contributed by atoms with van der Waals surface area (Å²) in [7, 11) is 2.95. The number of oxime groups is 1. The van der Waals surface area contributed by atoms with Crippen molar-refractivity contribution in [2.75, 3.05) is 14.2 Å². The maximum Gasteiger partial charge on any atom is 0.273 e. The number of carbonyl (C=O) groups is 1. The molecule has 0 unspecified atom stereocenters. The molecule has 6 heteroatoms. The number of ether oxygens (including phenoxy) is 1. The standard InChI is InChI=1S/C18H19ClN2O3/c1-12-10-14(8-9-16(12)19)24-11-13-6-4-5-7-15(13)17(21-23-3)18(22)20-2/h4-10H,11H2,1-3H3,(H,20,22)/b21-17+. The Labute approximate surface area is 146 Å². The Morgan fingerprint density at radius 2 is 2.00 bits per heavy atom. The van der Waals surface area contributed by atoms with Gasteiger partial charge in [-0.3, -0.25) is 4.79 Å². The Balaban J connectivity index is 2.26. The van der Waals surface area contributed by atoms with Crippen LogP contribution in [0.25, 0.3) is 0 Å². The van der Waals surface area contributed by atoms with Crippen LogP contribution in [0.3, 0.4) is 0 Å². The number of nitrogens with zero attached hydrogens (tertiary/aromatic N) is 1. The average Bonchev–Trinajstić information content (AvgIpc) is 2.60. The minimum Gasteiger partial charge on any atom is -0.489 e. The second-order valence-corrected chi connectivity index (χ2v) is 5.47. The molecule has 2 rings (SSSR count). The summed E-state index contributed by atoms with van der Waals surface area (Å²) in [5.41, 5.74) is 2.62. The maximum absolute atomic E-state index is 12.0. The monoisotopic (exact) mass is 346 g/mol. The predicted octanol–water partition coefficient (Wildman–Crippen LogP) is 3.32. The summed E-state index contributed by atoms with van der Waals surface area (Å²) in [4.78, 5) is 16.8. The van der Waals surface area contributed by atoms with E-state index in [4.69, 9.17) is 21.2 Å². The van der Waals surface area contributed by atoms with Crippen LogP contribution in [0, 0.1) is 6.92 Å². The van der Waals surface area contributed by atoms with Gasteiger partial charge in [0.05, 0.1) is 0 Å². The Morgan fingerprint density at radius 3 is 2.67 bits per heavy atom. The van der Waals surface area contributed by atoms with Crippen LogP contribution in [0.4, 0.5) is 0 Å². The maximum atomic E-state index is 12.0. The van der Waals surface area contributed by atoms with E-state index in [1.54, 1.807) is 25.2 Å². The Hall–Kier alpha value is -2.53. The highest BCUT2D eigenvalue weighted by Crippen LogP contribution is 2.22. The molecule has 1 N–H and O–H groups in total. The predicted molar refractivity (Wildman–Crippen MR) is 94.6 cm³/mol. The van der Waals surface area contributed by atoms with E-state index < -0.39 is 0 Å². The first-order valence-electron chi connectivity index (χ1n) is 7.37. The molecule has 0 radical (unpaired) electrons. The Morgan fingerprint density at radius 1 is 1.25 bits per heavy atom. The molecule has 126 valence electrons. The zero-order valence-electron chi connectivity index (χ0n) is 13.8. The number of likely N-dealkylation sites (N-methyl/N-ethyl adjacent to an activating group) is 1. The molecule has 0 aliphatic heterocycles. The average molecular weight is 347 g/mol. The number of carbonyl (C=O) groups excluding carboxylic acids is 1. The number of nitrogens with one attached hydrogen (secondary N) is 1. The number of halogens is 1. The lowest BCUT2D eigenvalue weighted by Crippen LogP contribution is -2.29. The van der Waals surface area contributed by atoms with Crippen molar-refractivity contribution >= 4 is 23.2 Å². The topological polar surface area (TPSA) is 59.9 Å². The molecular weight excluding hydrogens is 328 g/mol. The molecule has 24 heavy (non-hydrogen) atoms. The first kappa shape index (κ1) is 17.8. The molecule has 0 bridgehead atoms. The van der Waals surface area contributed by atoms with Crippen molar-refractivity contribution in [1.82, 2.24) is 5.32 Å². The minimum absolute atomic E-state index is 0.200. The van der Waals surface area contributed by atoms with E-state index in [1.165, 1.54) is 7.11 Å². The van der Waals surface area contributed by atoms with Crippen molar-refractivity contribution in [3.8, 4) is 5.75 Å². The van der Waals surface area contributed by atoms with Crippen molar-refractivity contribution in [3.05, 3.63) is 64.2 Å². The molecule has 5 nitrogen and oxygen atoms in total. The molecule has 0 spiro atoms. The molecule has 0 atom stereocenters. The molecule has 2 aromatic rings. The van der Waals surface area contributed by atoms with Crippen LogP contribution in [0.2, 0.25) is 5.02 Å². The molecular formula is C18H19ClN2O3. The first-order valence-corrected chi connectivity index (χ1v) is 7.75. The van der Waals surface area contributed by atoms with E-state index in [1.807, 2.05) is 31.2 Å². The van der Waals surface area contributed by atoms with Crippen LogP contribution < -0.4 is 10.1 Å². The van der Waals surface area contributed by atoms with Crippen LogP contribution >= 0.6 is 11.6 Å². The van der Waals surface area contributed by atoms with Crippen LogP contribution in [-0.2, 0) is 16.2 Å². The molecule has 0 aliphatic rings. The highest BCUT2D eigenvalue weighted by atomic mass is 35.5. The van der Waals surface area contributed by atoms with Crippen LogP contribution in [0.15, 0.2) is 47.6 Å². The van der Waals surface area contributed by atoms with Crippen LogP contribution in [0.5, 0.6) is 5.75 Å². The lowest BCUT2D eigenvalue weighted by Gasteiger charge is -2.12. The molecule has 0 aliphatic carbocycles. The molecule has 0 fully saturated rings. The van der Waals surface area contributed by atoms with E-state index >= 15 is 0 Å². The summed E-state index contributed by atoms with van der Waals surface area (Å²) in [5, 5.41) is 7.09. The van der Waals surface area contributed by atoms with E-state index in [-0.39, 0.29) is 18.2 Å². The van der Waals surface area contributed by atoms with Gasteiger partial charge in [-0.05, 0) is 36.2 Å². The largest absolute Gasteiger partial charge is 0.489 e. The van der Waals surface area contributed by atoms with E-state index in [9.17, 15) is 4.79 Å². The number of rotatable bonds is 6. The second kappa shape index (κ2) is 8.36. The van der Waals surface area contributed by atoms with Gasteiger partial charge in [0.25, 0.3) is 5.91 Å². The number of benzene rings is 2. The van der Waals surface area contributed by atoms with Gasteiger partial charge < -0.3 is 14.9 Å². The van der Waals surface area contributed by atoms with E-state index in [0.29, 0.717) is 16.3 Å². The third kappa shape index (κ3) is 4.26. The summed E-state index contributed by atoms with van der Waals surface area (Å²) in [6, 6.07) is 12.9. The van der Waals surface area contributed by atoms with Crippen LogP contribution in [0.1, 0.15) is 16.7 Å². The first-order chi connectivity index (χ1) is 11.6. The SMILES string of the molecule is CNC(=O)/C(=N/OC)c1ccccc1COc1ccc(Cl)c(C)c1. The van der Waals surface area contributed by atoms with Crippen molar-refractivity contribution in [1.29, 1.82) is 0 Å². The van der Waals surface area contributed by atoms with Gasteiger partial charge in [-0.1, -0.05) is 41.0 Å². The number of aryl methyl sites for hydroxylation is 1. The van der Waals surface area contributed by atoms with Crippen molar-refractivity contribution < 1.29 is 14.4 Å². The van der Waals surface area contributed by atoms with Gasteiger partial charge >= 0.3 is 0 Å². The van der Waals surface area contributed by atoms with Crippen LogP contribution in [-0.4, -0.2) is 25.8 Å². The van der Waals surface area contributed by atoms with Crippen molar-refractivity contribution in [2.45, 2.75) is 13.5 Å². The lowest BCUT2D eigenvalue weighted by atomic mass is 10.0. The zero-order chi connectivity index (χ0) is 17.5. The fourth-order valence-corrected chi connectivity index (χ4v) is 2.29. The molecule has 0 heterocycles. The normalized spacial score (nSPS) is 11.1. The second-order valence-electron chi connectivity index (χ2n) is 5.06. The van der Waals surface area contributed by atoms with Gasteiger partial charge in [-0.2, -0.15) is 0 Å². The summed E-state index contributed by atoms with van der Waals surface area (Å²) in [6.45, 7) is 2.20. The van der Waals surface area contributed by atoms with Crippen molar-refractivity contribution in [2.24, 2.45) is 5.16 Å².